The lowest BCUT2D eigenvalue weighted by Crippen LogP contribution is -2.35. The van der Waals surface area contributed by atoms with E-state index in [9.17, 15) is 5.11 Å². The molecule has 3 aliphatic rings. The Kier molecular flexibility index (Phi) is 2.82. The zero-order chi connectivity index (χ0) is 13.1. The molecule has 2 saturated heterocycles. The first kappa shape index (κ1) is 12.9. The fraction of sp³-hybridized carbons (Fsp3) is 1.00. The Bertz CT molecular complexity index is 343. The molecule has 3 fully saturated rings. The van der Waals surface area contributed by atoms with E-state index in [1.807, 2.05) is 0 Å². The van der Waals surface area contributed by atoms with E-state index in [1.54, 1.807) is 0 Å². The van der Waals surface area contributed by atoms with Crippen molar-refractivity contribution in [2.75, 3.05) is 0 Å². The highest BCUT2D eigenvalue weighted by Crippen LogP contribution is 2.52. The van der Waals surface area contributed by atoms with Gasteiger partial charge in [0.15, 0.2) is 0 Å². The van der Waals surface area contributed by atoms with E-state index in [-0.39, 0.29) is 23.4 Å². The molecule has 0 aromatic heterocycles. The molecule has 2 aliphatic heterocycles. The quantitative estimate of drug-likeness (QED) is 0.731. The van der Waals surface area contributed by atoms with E-state index in [0.29, 0.717) is 17.9 Å². The van der Waals surface area contributed by atoms with E-state index >= 15 is 0 Å². The minimum Gasteiger partial charge on any atom is -0.390 e. The van der Waals surface area contributed by atoms with Crippen LogP contribution in [0.15, 0.2) is 0 Å². The summed E-state index contributed by atoms with van der Waals surface area (Å²) in [5.74, 6) is 0.824. The van der Waals surface area contributed by atoms with Crippen molar-refractivity contribution >= 4 is 0 Å². The van der Waals surface area contributed by atoms with Gasteiger partial charge >= 0.3 is 0 Å². The molecule has 0 radical (unpaired) electrons. The lowest BCUT2D eigenvalue weighted by molar-refractivity contribution is 0.0461. The Morgan fingerprint density at radius 1 is 1.06 bits per heavy atom. The maximum atomic E-state index is 10.6. The Labute approximate surface area is 110 Å². The van der Waals surface area contributed by atoms with Crippen LogP contribution in [0.3, 0.4) is 0 Å². The average molecular weight is 254 g/mol. The molecule has 3 rings (SSSR count). The van der Waals surface area contributed by atoms with Gasteiger partial charge in [0.05, 0.1) is 23.4 Å². The highest BCUT2D eigenvalue weighted by molar-refractivity contribution is 5.09. The highest BCUT2D eigenvalue weighted by Gasteiger charge is 2.61. The summed E-state index contributed by atoms with van der Waals surface area (Å²) in [5, 5.41) is 10.6. The predicted molar refractivity (Wildman–Crippen MR) is 69.4 cm³/mol. The topological polar surface area (TPSA) is 45.3 Å². The molecule has 18 heavy (non-hydrogen) atoms. The summed E-state index contributed by atoms with van der Waals surface area (Å²) in [6.45, 7) is 8.76. The van der Waals surface area contributed by atoms with Gasteiger partial charge < -0.3 is 14.6 Å². The standard InChI is InChI=1S/C15H26O3/c1-9(2)10-5-7-14(3)11(17-14)6-8-15(4)13(18-15)12(10)16/h9-13,16H,5-8H2,1-4H3/t10-,11+,12-,13-,14-,15-/m0/s1. The lowest BCUT2D eigenvalue weighted by atomic mass is 9.78. The molecule has 0 aromatic rings. The van der Waals surface area contributed by atoms with E-state index in [0.717, 1.165) is 25.7 Å². The largest absolute Gasteiger partial charge is 0.390 e. The Balaban J connectivity index is 1.77. The molecule has 1 saturated carbocycles. The molecule has 1 aliphatic carbocycles. The van der Waals surface area contributed by atoms with Crippen molar-refractivity contribution < 1.29 is 14.6 Å². The summed E-state index contributed by atoms with van der Waals surface area (Å²) in [6.07, 6.45) is 4.36. The molecule has 3 heteroatoms. The van der Waals surface area contributed by atoms with Gasteiger partial charge in [0.25, 0.3) is 0 Å². The molecule has 0 bridgehead atoms. The number of aliphatic hydroxyl groups excluding tert-OH is 1. The van der Waals surface area contributed by atoms with Crippen LogP contribution >= 0.6 is 0 Å². The first-order valence-corrected chi connectivity index (χ1v) is 7.39. The van der Waals surface area contributed by atoms with Gasteiger partial charge in [-0.2, -0.15) is 0 Å². The third kappa shape index (κ3) is 2.00. The van der Waals surface area contributed by atoms with Crippen molar-refractivity contribution in [3.05, 3.63) is 0 Å². The fourth-order valence-electron chi connectivity index (χ4n) is 3.76. The van der Waals surface area contributed by atoms with Crippen molar-refractivity contribution in [1.29, 1.82) is 0 Å². The molecule has 2 heterocycles. The van der Waals surface area contributed by atoms with Crippen LogP contribution in [-0.4, -0.2) is 34.6 Å². The zero-order valence-corrected chi connectivity index (χ0v) is 12.0. The van der Waals surface area contributed by atoms with E-state index in [2.05, 4.69) is 27.7 Å². The zero-order valence-electron chi connectivity index (χ0n) is 12.0. The van der Waals surface area contributed by atoms with Crippen LogP contribution in [-0.2, 0) is 9.47 Å². The van der Waals surface area contributed by atoms with Gasteiger partial charge in [-0.1, -0.05) is 13.8 Å². The number of rotatable bonds is 1. The van der Waals surface area contributed by atoms with Gasteiger partial charge in [0, 0.05) is 0 Å². The number of hydrogen-bond donors (Lipinski definition) is 1. The summed E-state index contributed by atoms with van der Waals surface area (Å²) < 4.78 is 11.7. The van der Waals surface area contributed by atoms with Gasteiger partial charge in [-0.05, 0) is 51.4 Å². The Morgan fingerprint density at radius 3 is 2.39 bits per heavy atom. The summed E-state index contributed by atoms with van der Waals surface area (Å²) in [4.78, 5) is 0. The third-order valence-electron chi connectivity index (χ3n) is 5.46. The van der Waals surface area contributed by atoms with Crippen molar-refractivity contribution in [3.8, 4) is 0 Å². The molecule has 104 valence electrons. The van der Waals surface area contributed by atoms with Crippen LogP contribution in [0.1, 0.15) is 53.4 Å². The van der Waals surface area contributed by atoms with Crippen molar-refractivity contribution in [3.63, 3.8) is 0 Å². The van der Waals surface area contributed by atoms with Crippen molar-refractivity contribution in [1.82, 2.24) is 0 Å². The molecular formula is C15H26O3. The van der Waals surface area contributed by atoms with Crippen LogP contribution in [0.4, 0.5) is 0 Å². The second-order valence-electron chi connectivity index (χ2n) is 7.25. The van der Waals surface area contributed by atoms with Crippen LogP contribution in [0.25, 0.3) is 0 Å². The minimum atomic E-state index is -0.311. The normalized spacial score (nSPS) is 55.7. The lowest BCUT2D eigenvalue weighted by Gasteiger charge is -2.27. The van der Waals surface area contributed by atoms with Gasteiger partial charge in [0.2, 0.25) is 0 Å². The highest BCUT2D eigenvalue weighted by atomic mass is 16.6. The van der Waals surface area contributed by atoms with Gasteiger partial charge in [0.1, 0.15) is 6.10 Å². The van der Waals surface area contributed by atoms with E-state index < -0.39 is 0 Å². The maximum absolute atomic E-state index is 10.6. The number of hydrogen-bond acceptors (Lipinski definition) is 3. The van der Waals surface area contributed by atoms with Crippen molar-refractivity contribution in [2.45, 2.75) is 82.9 Å². The fourth-order valence-corrected chi connectivity index (χ4v) is 3.76. The molecular weight excluding hydrogens is 228 g/mol. The summed E-state index contributed by atoms with van der Waals surface area (Å²) in [5.41, 5.74) is -0.0261. The summed E-state index contributed by atoms with van der Waals surface area (Å²) in [6, 6.07) is 0. The number of aliphatic hydroxyl groups is 1. The second kappa shape index (κ2) is 3.94. The molecule has 3 nitrogen and oxygen atoms in total. The first-order valence-electron chi connectivity index (χ1n) is 7.39. The molecule has 0 aromatic carbocycles. The number of epoxide rings is 2. The van der Waals surface area contributed by atoms with Crippen LogP contribution < -0.4 is 0 Å². The van der Waals surface area contributed by atoms with Gasteiger partial charge in [-0.25, -0.2) is 0 Å². The Morgan fingerprint density at radius 2 is 1.72 bits per heavy atom. The first-order chi connectivity index (χ1) is 8.36. The van der Waals surface area contributed by atoms with Crippen LogP contribution in [0.2, 0.25) is 0 Å². The molecule has 0 unspecified atom stereocenters. The summed E-state index contributed by atoms with van der Waals surface area (Å²) in [7, 11) is 0. The number of ether oxygens (including phenoxy) is 2. The predicted octanol–water partition coefficient (Wildman–Crippen LogP) is 2.51. The third-order valence-corrected chi connectivity index (χ3v) is 5.46. The van der Waals surface area contributed by atoms with Crippen LogP contribution in [0, 0.1) is 11.8 Å². The van der Waals surface area contributed by atoms with Gasteiger partial charge in [-0.3, -0.25) is 0 Å². The molecule has 1 N–H and O–H groups in total. The van der Waals surface area contributed by atoms with E-state index in [1.165, 1.54) is 0 Å². The smallest absolute Gasteiger partial charge is 0.113 e. The Hall–Kier alpha value is -0.120. The molecule has 6 atom stereocenters. The second-order valence-corrected chi connectivity index (χ2v) is 7.25. The van der Waals surface area contributed by atoms with Crippen molar-refractivity contribution in [2.24, 2.45) is 11.8 Å². The number of fused-ring (bicyclic) bond motifs is 2. The monoisotopic (exact) mass is 254 g/mol. The average Bonchev–Trinajstić information content (AvgIpc) is 3.12. The van der Waals surface area contributed by atoms with Gasteiger partial charge in [-0.15, -0.1) is 0 Å². The SMILES string of the molecule is CC(C)[C@@H]1CC[C@]2(C)O[C@@H]2CC[C@]2(C)O[C@H]2[C@H]1O. The molecule has 0 amide bonds. The minimum absolute atomic E-state index is 0.0491. The summed E-state index contributed by atoms with van der Waals surface area (Å²) >= 11 is 0. The van der Waals surface area contributed by atoms with Crippen LogP contribution in [0.5, 0.6) is 0 Å². The molecule has 0 spiro atoms. The maximum Gasteiger partial charge on any atom is 0.113 e. The van der Waals surface area contributed by atoms with E-state index in [4.69, 9.17) is 9.47 Å².